The topological polar surface area (TPSA) is 23.5 Å². The second kappa shape index (κ2) is 15.1. The molecular formula is C18H39NO. The Morgan fingerprint density at radius 2 is 1.50 bits per heavy atom. The van der Waals surface area contributed by atoms with Gasteiger partial charge < -0.3 is 5.11 Å². The molecule has 2 heteroatoms. The number of likely N-dealkylation sites (tertiary alicyclic amines) is 1. The number of aliphatic hydroxyl groups excluding tert-OH is 1. The van der Waals surface area contributed by atoms with Gasteiger partial charge in [0.25, 0.3) is 0 Å². The Morgan fingerprint density at radius 1 is 1.00 bits per heavy atom. The smallest absolute Gasteiger partial charge is 0.0472 e. The summed E-state index contributed by atoms with van der Waals surface area (Å²) < 4.78 is 0. The Morgan fingerprint density at radius 3 is 1.90 bits per heavy atom. The van der Waals surface area contributed by atoms with Gasteiger partial charge in [-0.3, -0.25) is 4.90 Å². The highest BCUT2D eigenvalue weighted by Crippen LogP contribution is 2.31. The summed E-state index contributed by atoms with van der Waals surface area (Å²) in [7, 11) is 0. The minimum Gasteiger partial charge on any atom is -0.396 e. The highest BCUT2D eigenvalue weighted by molar-refractivity contribution is 4.88. The normalized spacial score (nSPS) is 26.3. The highest BCUT2D eigenvalue weighted by Gasteiger charge is 2.33. The van der Waals surface area contributed by atoms with E-state index in [9.17, 15) is 5.11 Å². The van der Waals surface area contributed by atoms with Crippen LogP contribution in [0.25, 0.3) is 0 Å². The van der Waals surface area contributed by atoms with Crippen molar-refractivity contribution in [3.8, 4) is 0 Å². The molecular weight excluding hydrogens is 246 g/mol. The second-order valence-electron chi connectivity index (χ2n) is 5.12. The van der Waals surface area contributed by atoms with Crippen molar-refractivity contribution in [1.82, 2.24) is 4.90 Å². The first kappa shape index (κ1) is 21.9. The number of rotatable bonds is 2. The summed E-state index contributed by atoms with van der Waals surface area (Å²) >= 11 is 0. The van der Waals surface area contributed by atoms with Gasteiger partial charge in [0.05, 0.1) is 0 Å². The van der Waals surface area contributed by atoms with Crippen LogP contribution in [0.5, 0.6) is 0 Å². The lowest BCUT2D eigenvalue weighted by molar-refractivity contribution is 0.141. The van der Waals surface area contributed by atoms with Gasteiger partial charge in [-0.05, 0) is 32.1 Å². The SMILES string of the molecule is C=C.CC.CC.CC1CC(CO)CN1C1CCCCC1. The van der Waals surface area contributed by atoms with Crippen LogP contribution in [-0.4, -0.2) is 35.2 Å². The van der Waals surface area contributed by atoms with Crippen molar-refractivity contribution in [3.63, 3.8) is 0 Å². The molecule has 1 saturated heterocycles. The van der Waals surface area contributed by atoms with E-state index in [0.29, 0.717) is 18.6 Å². The molecule has 1 N–H and O–H groups in total. The van der Waals surface area contributed by atoms with E-state index < -0.39 is 0 Å². The Hall–Kier alpha value is -0.340. The molecule has 2 aliphatic rings. The lowest BCUT2D eigenvalue weighted by Crippen LogP contribution is -2.39. The highest BCUT2D eigenvalue weighted by atomic mass is 16.3. The standard InChI is InChI=1S/C12H23NO.2C2H6.C2H4/c1-10-7-11(9-14)8-13(10)12-5-3-2-4-6-12;3*1-2/h10-12,14H,2-9H2,1H3;2*1-2H3;1-2H2. The molecule has 0 aromatic heterocycles. The van der Waals surface area contributed by atoms with E-state index in [2.05, 4.69) is 25.0 Å². The van der Waals surface area contributed by atoms with Crippen LogP contribution in [0.1, 0.15) is 73.1 Å². The number of aliphatic hydroxyl groups is 1. The molecule has 0 spiro atoms. The first-order valence-electron chi connectivity index (χ1n) is 8.68. The molecule has 1 saturated carbocycles. The van der Waals surface area contributed by atoms with Crippen LogP contribution in [0, 0.1) is 5.92 Å². The molecule has 2 nitrogen and oxygen atoms in total. The predicted octanol–water partition coefficient (Wildman–Crippen LogP) is 4.88. The number of hydrogen-bond donors (Lipinski definition) is 1. The van der Waals surface area contributed by atoms with Crippen molar-refractivity contribution >= 4 is 0 Å². The Labute approximate surface area is 128 Å². The fourth-order valence-electron chi connectivity index (χ4n) is 3.22. The molecule has 2 fully saturated rings. The Balaban J connectivity index is 0. The lowest BCUT2D eigenvalue weighted by Gasteiger charge is -2.34. The van der Waals surface area contributed by atoms with Crippen molar-refractivity contribution in [3.05, 3.63) is 13.2 Å². The molecule has 2 unspecified atom stereocenters. The maximum absolute atomic E-state index is 9.17. The van der Waals surface area contributed by atoms with Crippen molar-refractivity contribution < 1.29 is 5.11 Å². The van der Waals surface area contributed by atoms with Crippen molar-refractivity contribution in [1.29, 1.82) is 0 Å². The molecule has 0 radical (unpaired) electrons. The summed E-state index contributed by atoms with van der Waals surface area (Å²) in [5, 5.41) is 9.17. The van der Waals surface area contributed by atoms with Crippen LogP contribution in [0.15, 0.2) is 13.2 Å². The fraction of sp³-hybridized carbons (Fsp3) is 0.889. The van der Waals surface area contributed by atoms with Crippen LogP contribution in [0.2, 0.25) is 0 Å². The van der Waals surface area contributed by atoms with Crippen LogP contribution in [0.4, 0.5) is 0 Å². The zero-order chi connectivity index (χ0) is 16.0. The molecule has 0 bridgehead atoms. The Kier molecular flexibility index (Phi) is 16.5. The van der Waals surface area contributed by atoms with Gasteiger partial charge in [0.1, 0.15) is 0 Å². The van der Waals surface area contributed by atoms with Crippen LogP contribution < -0.4 is 0 Å². The van der Waals surface area contributed by atoms with Gasteiger partial charge in [-0.2, -0.15) is 0 Å². The van der Waals surface area contributed by atoms with E-state index in [1.807, 2.05) is 27.7 Å². The van der Waals surface area contributed by atoms with Crippen LogP contribution in [0.3, 0.4) is 0 Å². The number of nitrogens with zero attached hydrogens (tertiary/aromatic N) is 1. The molecule has 0 aromatic rings. The molecule has 1 aliphatic heterocycles. The average molecular weight is 286 g/mol. The molecule has 20 heavy (non-hydrogen) atoms. The molecule has 1 aliphatic carbocycles. The molecule has 2 atom stereocenters. The van der Waals surface area contributed by atoms with E-state index in [1.54, 1.807) is 0 Å². The van der Waals surface area contributed by atoms with Gasteiger partial charge in [0, 0.05) is 25.2 Å². The summed E-state index contributed by atoms with van der Waals surface area (Å²) in [6.07, 6.45) is 8.25. The second-order valence-corrected chi connectivity index (χ2v) is 5.12. The summed E-state index contributed by atoms with van der Waals surface area (Å²) in [4.78, 5) is 2.65. The zero-order valence-electron chi connectivity index (χ0n) is 14.7. The van der Waals surface area contributed by atoms with Gasteiger partial charge in [0.2, 0.25) is 0 Å². The first-order valence-corrected chi connectivity index (χ1v) is 8.68. The van der Waals surface area contributed by atoms with E-state index >= 15 is 0 Å². The first-order chi connectivity index (χ1) is 9.81. The third kappa shape index (κ3) is 7.44. The maximum atomic E-state index is 9.17. The van der Waals surface area contributed by atoms with E-state index in [-0.39, 0.29) is 0 Å². The fourth-order valence-corrected chi connectivity index (χ4v) is 3.22. The predicted molar refractivity (Wildman–Crippen MR) is 92.2 cm³/mol. The number of hydrogen-bond acceptors (Lipinski definition) is 2. The summed E-state index contributed by atoms with van der Waals surface area (Å²) in [5.74, 6) is 0.548. The van der Waals surface area contributed by atoms with Gasteiger partial charge in [0.15, 0.2) is 0 Å². The Bertz CT molecular complexity index is 190. The van der Waals surface area contributed by atoms with Gasteiger partial charge in [-0.1, -0.05) is 47.0 Å². The van der Waals surface area contributed by atoms with Gasteiger partial charge >= 0.3 is 0 Å². The van der Waals surface area contributed by atoms with E-state index in [0.717, 1.165) is 12.6 Å². The lowest BCUT2D eigenvalue weighted by atomic mass is 9.94. The monoisotopic (exact) mass is 285 g/mol. The van der Waals surface area contributed by atoms with E-state index in [4.69, 9.17) is 0 Å². The third-order valence-electron chi connectivity index (χ3n) is 4.01. The van der Waals surface area contributed by atoms with Crippen LogP contribution >= 0.6 is 0 Å². The average Bonchev–Trinajstić information content (AvgIpc) is 2.95. The minimum absolute atomic E-state index is 0.383. The van der Waals surface area contributed by atoms with Gasteiger partial charge in [-0.15, -0.1) is 13.2 Å². The summed E-state index contributed by atoms with van der Waals surface area (Å²) in [5.41, 5.74) is 0. The third-order valence-corrected chi connectivity index (χ3v) is 4.01. The quantitative estimate of drug-likeness (QED) is 0.731. The molecule has 0 amide bonds. The molecule has 2 rings (SSSR count). The van der Waals surface area contributed by atoms with Gasteiger partial charge in [-0.25, -0.2) is 0 Å². The minimum atomic E-state index is 0.383. The van der Waals surface area contributed by atoms with Crippen LogP contribution in [-0.2, 0) is 0 Å². The van der Waals surface area contributed by atoms with Crippen molar-refractivity contribution in [2.45, 2.75) is 85.2 Å². The summed E-state index contributed by atoms with van der Waals surface area (Å²) in [6.45, 7) is 17.8. The molecule has 122 valence electrons. The van der Waals surface area contributed by atoms with E-state index in [1.165, 1.54) is 38.5 Å². The summed E-state index contributed by atoms with van der Waals surface area (Å²) in [6, 6.07) is 1.53. The molecule has 1 heterocycles. The van der Waals surface area contributed by atoms with Crippen molar-refractivity contribution in [2.75, 3.05) is 13.2 Å². The largest absolute Gasteiger partial charge is 0.396 e. The van der Waals surface area contributed by atoms with Crippen molar-refractivity contribution in [2.24, 2.45) is 5.92 Å². The maximum Gasteiger partial charge on any atom is 0.0472 e. The molecule has 0 aromatic carbocycles. The zero-order valence-corrected chi connectivity index (χ0v) is 14.7.